The zero-order valence-corrected chi connectivity index (χ0v) is 20.0. The minimum atomic E-state index is -5.32. The van der Waals surface area contributed by atoms with Gasteiger partial charge >= 0.3 is 12.5 Å². The predicted molar refractivity (Wildman–Crippen MR) is 118 cm³/mol. The summed E-state index contributed by atoms with van der Waals surface area (Å²) in [4.78, 5) is 28.0. The molecule has 0 radical (unpaired) electrons. The van der Waals surface area contributed by atoms with Crippen LogP contribution in [0, 0.1) is 11.6 Å². The summed E-state index contributed by atoms with van der Waals surface area (Å²) in [7, 11) is 1.47. The van der Waals surface area contributed by atoms with Crippen molar-refractivity contribution in [1.82, 2.24) is 4.98 Å². The normalized spacial score (nSPS) is 11.6. The molecule has 3 N–H and O–H groups in total. The summed E-state index contributed by atoms with van der Waals surface area (Å²) in [5.41, 5.74) is 1.61. The van der Waals surface area contributed by atoms with E-state index in [1.54, 1.807) is 0 Å². The van der Waals surface area contributed by atoms with Crippen LogP contribution in [0.3, 0.4) is 0 Å². The molecule has 0 saturated carbocycles. The van der Waals surface area contributed by atoms with E-state index in [0.717, 1.165) is 25.4 Å². The lowest BCUT2D eigenvalue weighted by molar-refractivity contribution is -0.275. The van der Waals surface area contributed by atoms with Crippen molar-refractivity contribution in [2.24, 2.45) is 5.73 Å². The molecule has 0 atom stereocenters. The minimum absolute atomic E-state index is 0.148. The van der Waals surface area contributed by atoms with E-state index in [-0.39, 0.29) is 17.4 Å². The first kappa shape index (κ1) is 29.7. The number of benzene rings is 2. The molecule has 0 spiro atoms. The number of pyridine rings is 1. The Labute approximate surface area is 218 Å². The highest BCUT2D eigenvalue weighted by Gasteiger charge is 2.40. The van der Waals surface area contributed by atoms with Crippen LogP contribution in [0.5, 0.6) is 28.7 Å². The molecule has 0 aliphatic rings. The smallest absolute Gasteiger partial charge is 0.493 e. The molecule has 0 bridgehead atoms. The van der Waals surface area contributed by atoms with Crippen LogP contribution >= 0.6 is 0 Å². The van der Waals surface area contributed by atoms with Gasteiger partial charge in [0, 0.05) is 11.9 Å². The third kappa shape index (κ3) is 6.41. The number of aromatic nitrogens is 1. The van der Waals surface area contributed by atoms with Crippen molar-refractivity contribution in [3.05, 3.63) is 65.0 Å². The maximum absolute atomic E-state index is 15.4. The fourth-order valence-electron chi connectivity index (χ4n) is 3.26. The average Bonchev–Trinajstić information content (AvgIpc) is 2.84. The molecule has 1 aromatic heterocycles. The molecule has 0 saturated heterocycles. The first-order chi connectivity index (χ1) is 18.6. The van der Waals surface area contributed by atoms with Crippen LogP contribution in [0.15, 0.2) is 36.5 Å². The number of carbonyl (C=O) groups excluding carboxylic acids is 2. The summed E-state index contributed by atoms with van der Waals surface area (Å²) in [5, 5.41) is 2.11. The number of alkyl halides is 6. The lowest BCUT2D eigenvalue weighted by atomic mass is 10.1. The lowest BCUT2D eigenvalue weighted by Gasteiger charge is -2.20. The maximum atomic E-state index is 15.4. The molecule has 9 nitrogen and oxygen atoms in total. The number of rotatable bonds is 8. The van der Waals surface area contributed by atoms with E-state index in [1.165, 1.54) is 0 Å². The fraction of sp³-hybridized carbons (Fsp3) is 0.174. The number of halogens is 8. The molecule has 3 aromatic rings. The van der Waals surface area contributed by atoms with E-state index in [2.05, 4.69) is 24.5 Å². The third-order valence-electron chi connectivity index (χ3n) is 4.87. The molecule has 0 unspecified atom stereocenters. The molecule has 1 heterocycles. The molecule has 17 heteroatoms. The van der Waals surface area contributed by atoms with Gasteiger partial charge in [-0.15, -0.1) is 13.2 Å². The van der Waals surface area contributed by atoms with Gasteiger partial charge in [-0.2, -0.15) is 17.6 Å². The van der Waals surface area contributed by atoms with E-state index in [4.69, 9.17) is 10.5 Å². The number of hydrogen-bond donors (Lipinski definition) is 2. The molecule has 0 fully saturated rings. The van der Waals surface area contributed by atoms with Crippen molar-refractivity contribution in [1.29, 1.82) is 0 Å². The minimum Gasteiger partial charge on any atom is -0.493 e. The summed E-state index contributed by atoms with van der Waals surface area (Å²) >= 11 is 0. The Hall–Kier alpha value is -4.83. The maximum Gasteiger partial charge on any atom is 0.573 e. The van der Waals surface area contributed by atoms with E-state index in [9.17, 15) is 40.3 Å². The van der Waals surface area contributed by atoms with E-state index < -0.39 is 75.9 Å². The van der Waals surface area contributed by atoms with Crippen molar-refractivity contribution in [3.63, 3.8) is 0 Å². The van der Waals surface area contributed by atoms with Crippen molar-refractivity contribution in [2.45, 2.75) is 12.5 Å². The quantitative estimate of drug-likeness (QED) is 0.340. The molecule has 3 rings (SSSR count). The Morgan fingerprint density at radius 3 is 2.05 bits per heavy atom. The summed E-state index contributed by atoms with van der Waals surface area (Å²) in [6, 6.07) is 3.27. The van der Waals surface area contributed by atoms with Crippen LogP contribution in [0.4, 0.5) is 40.8 Å². The highest BCUT2D eigenvalue weighted by molar-refractivity contribution is 6.07. The topological polar surface area (TPSA) is 122 Å². The second-order valence-corrected chi connectivity index (χ2v) is 7.45. The highest BCUT2D eigenvalue weighted by Crippen LogP contribution is 2.46. The van der Waals surface area contributed by atoms with Crippen LogP contribution in [0.25, 0.3) is 0 Å². The van der Waals surface area contributed by atoms with Crippen molar-refractivity contribution in [2.75, 3.05) is 19.5 Å². The number of ether oxygens (including phenoxy) is 4. The molecular weight excluding hydrogens is 566 g/mol. The number of anilines is 1. The highest BCUT2D eigenvalue weighted by atomic mass is 19.4. The van der Waals surface area contributed by atoms with Gasteiger partial charge in [-0.3, -0.25) is 14.6 Å². The van der Waals surface area contributed by atoms with Crippen LogP contribution < -0.4 is 30.0 Å². The monoisotopic (exact) mass is 581 g/mol. The average molecular weight is 581 g/mol. The third-order valence-corrected chi connectivity index (χ3v) is 4.87. The van der Waals surface area contributed by atoms with Gasteiger partial charge in [0.05, 0.1) is 14.2 Å². The number of nitrogens with one attached hydrogen (secondary N) is 1. The first-order valence-corrected chi connectivity index (χ1v) is 10.4. The van der Waals surface area contributed by atoms with Gasteiger partial charge in [0.2, 0.25) is 11.6 Å². The van der Waals surface area contributed by atoms with E-state index in [0.29, 0.717) is 19.2 Å². The Morgan fingerprint density at radius 2 is 1.50 bits per heavy atom. The first-order valence-electron chi connectivity index (χ1n) is 10.4. The predicted octanol–water partition coefficient (Wildman–Crippen LogP) is 5.44. The molecule has 0 aliphatic carbocycles. The van der Waals surface area contributed by atoms with Gasteiger partial charge in [0.15, 0.2) is 23.1 Å². The molecule has 0 aliphatic heterocycles. The SMILES string of the molecule is COc1c(Oc2cc(C(F)(F)F)c(OC)c(F)c2C(=O)Nc2ccnc(C(N)=O)c2)ccc(OC(F)(F)F)c1F. The fourth-order valence-corrected chi connectivity index (χ4v) is 3.26. The van der Waals surface area contributed by atoms with Crippen LogP contribution in [0.1, 0.15) is 26.4 Å². The summed E-state index contributed by atoms with van der Waals surface area (Å²) in [6.45, 7) is 0. The summed E-state index contributed by atoms with van der Waals surface area (Å²) in [5.74, 6) is -12.0. The number of amides is 2. The van der Waals surface area contributed by atoms with Crippen molar-refractivity contribution < 1.29 is 63.7 Å². The zero-order chi connectivity index (χ0) is 30.0. The van der Waals surface area contributed by atoms with Crippen LogP contribution in [-0.4, -0.2) is 37.4 Å². The molecule has 214 valence electrons. The molecule has 2 amide bonds. The van der Waals surface area contributed by atoms with Crippen LogP contribution in [-0.2, 0) is 6.18 Å². The molecular formula is C23H15F8N3O6. The largest absolute Gasteiger partial charge is 0.573 e. The number of nitrogens with zero attached hydrogens (tertiary/aromatic N) is 1. The number of primary amides is 1. The number of hydrogen-bond acceptors (Lipinski definition) is 7. The van der Waals surface area contributed by atoms with Crippen molar-refractivity contribution in [3.8, 4) is 28.7 Å². The molecule has 2 aromatic carbocycles. The van der Waals surface area contributed by atoms with Gasteiger partial charge in [-0.25, -0.2) is 4.39 Å². The van der Waals surface area contributed by atoms with E-state index in [1.807, 2.05) is 0 Å². The van der Waals surface area contributed by atoms with E-state index >= 15 is 4.39 Å². The second-order valence-electron chi connectivity index (χ2n) is 7.45. The Morgan fingerprint density at radius 1 is 0.875 bits per heavy atom. The Balaban J connectivity index is 2.19. The lowest BCUT2D eigenvalue weighted by Crippen LogP contribution is -2.19. The standard InChI is InChI=1S/C23H15F8N3O6/c1-37-18-10(22(26,27)28)8-14(39-13-4-3-12(40-23(29,30)31)16(24)19(13)38-2)15(17(18)25)21(36)34-9-5-6-33-11(7-9)20(32)35/h3-8H,1-2H3,(H2,32,35)(H,33,34,36). The second kappa shape index (κ2) is 11.1. The van der Waals surface area contributed by atoms with Gasteiger partial charge in [0.1, 0.15) is 22.6 Å². The van der Waals surface area contributed by atoms with Gasteiger partial charge in [-0.1, -0.05) is 0 Å². The Bertz CT molecular complexity index is 1460. The summed E-state index contributed by atoms with van der Waals surface area (Å²) < 4.78 is 127. The molecule has 40 heavy (non-hydrogen) atoms. The number of carbonyl (C=O) groups is 2. The number of nitrogens with two attached hydrogens (primary N) is 1. The van der Waals surface area contributed by atoms with Gasteiger partial charge < -0.3 is 30.0 Å². The van der Waals surface area contributed by atoms with Crippen LogP contribution in [0.2, 0.25) is 0 Å². The zero-order valence-electron chi connectivity index (χ0n) is 20.0. The van der Waals surface area contributed by atoms with Crippen molar-refractivity contribution >= 4 is 17.5 Å². The van der Waals surface area contributed by atoms with Gasteiger partial charge in [-0.05, 0) is 30.3 Å². The Kier molecular flexibility index (Phi) is 8.26. The van der Waals surface area contributed by atoms with Gasteiger partial charge in [0.25, 0.3) is 11.8 Å². The summed E-state index contributed by atoms with van der Waals surface area (Å²) in [6.07, 6.45) is -9.54. The number of methoxy groups -OCH3 is 2.